The lowest BCUT2D eigenvalue weighted by atomic mass is 10.2. The molecule has 0 unspecified atom stereocenters. The molecule has 1 aromatic heterocycles. The molecule has 3 aromatic rings. The molecular weight excluding hydrogens is 448 g/mol. The molecule has 2 aromatic carbocycles. The molecule has 2 heterocycles. The molecule has 0 radical (unpaired) electrons. The number of furan rings is 1. The van der Waals surface area contributed by atoms with Crippen LogP contribution in [0.5, 0.6) is 5.75 Å². The van der Waals surface area contributed by atoms with Crippen LogP contribution in [0.1, 0.15) is 21.9 Å². The lowest BCUT2D eigenvalue weighted by Crippen LogP contribution is -2.48. The van der Waals surface area contributed by atoms with Gasteiger partial charge in [0.05, 0.1) is 12.9 Å². The van der Waals surface area contributed by atoms with E-state index >= 15 is 0 Å². The van der Waals surface area contributed by atoms with Crippen LogP contribution in [0.4, 0.5) is 5.69 Å². The zero-order chi connectivity index (χ0) is 22.5. The van der Waals surface area contributed by atoms with Crippen LogP contribution in [-0.2, 0) is 22.3 Å². The summed E-state index contributed by atoms with van der Waals surface area (Å²) in [7, 11) is 0.511. The molecule has 0 N–H and O–H groups in total. The molecule has 1 fully saturated rings. The minimum Gasteiger partial charge on any atom is -0.497 e. The van der Waals surface area contributed by atoms with E-state index in [0.717, 1.165) is 30.1 Å². The van der Waals surface area contributed by atoms with Gasteiger partial charge in [-0.05, 0) is 54.1 Å². The fraction of sp³-hybridized carbons (Fsp3) is 0.292. The summed E-state index contributed by atoms with van der Waals surface area (Å²) in [4.78, 5) is 16.9. The first-order valence-corrected chi connectivity index (χ1v) is 12.2. The Morgan fingerprint density at radius 3 is 2.31 bits per heavy atom. The van der Waals surface area contributed by atoms with Crippen LogP contribution < -0.4 is 9.64 Å². The van der Waals surface area contributed by atoms with Gasteiger partial charge in [-0.1, -0.05) is 23.7 Å². The smallest absolute Gasteiger partial charge is 0.289 e. The third-order valence-corrected chi connectivity index (χ3v) is 6.93. The van der Waals surface area contributed by atoms with Gasteiger partial charge in [0.2, 0.25) is 0 Å². The second-order valence-corrected chi connectivity index (χ2v) is 9.49. The molecule has 0 saturated carbocycles. The van der Waals surface area contributed by atoms with Crippen LogP contribution in [0, 0.1) is 0 Å². The minimum absolute atomic E-state index is 0.130. The van der Waals surface area contributed by atoms with Crippen molar-refractivity contribution in [1.82, 2.24) is 4.90 Å². The normalized spacial score (nSPS) is 14.9. The number of amides is 1. The Labute approximate surface area is 195 Å². The number of piperazine rings is 1. The molecule has 1 amide bonds. The molecule has 1 aliphatic rings. The summed E-state index contributed by atoms with van der Waals surface area (Å²) in [5.74, 6) is 2.22. The van der Waals surface area contributed by atoms with E-state index in [4.69, 9.17) is 20.8 Å². The van der Waals surface area contributed by atoms with E-state index in [0.29, 0.717) is 35.4 Å². The van der Waals surface area contributed by atoms with Crippen molar-refractivity contribution >= 4 is 34.0 Å². The van der Waals surface area contributed by atoms with Crippen molar-refractivity contribution in [3.8, 4) is 5.75 Å². The maximum atomic E-state index is 12.9. The van der Waals surface area contributed by atoms with Gasteiger partial charge >= 0.3 is 0 Å². The van der Waals surface area contributed by atoms with Gasteiger partial charge in [-0.25, -0.2) is 0 Å². The van der Waals surface area contributed by atoms with E-state index < -0.39 is 10.8 Å². The largest absolute Gasteiger partial charge is 0.497 e. The Morgan fingerprint density at radius 1 is 0.969 bits per heavy atom. The van der Waals surface area contributed by atoms with Crippen LogP contribution in [0.25, 0.3) is 0 Å². The van der Waals surface area contributed by atoms with E-state index in [-0.39, 0.29) is 11.7 Å². The van der Waals surface area contributed by atoms with Gasteiger partial charge in [0.25, 0.3) is 5.91 Å². The number of hydrogen-bond acceptors (Lipinski definition) is 5. The van der Waals surface area contributed by atoms with E-state index in [9.17, 15) is 9.00 Å². The predicted molar refractivity (Wildman–Crippen MR) is 127 cm³/mol. The van der Waals surface area contributed by atoms with Crippen LogP contribution >= 0.6 is 11.6 Å². The highest BCUT2D eigenvalue weighted by Crippen LogP contribution is 2.22. The number of rotatable bonds is 7. The number of carbonyl (C=O) groups is 1. The Morgan fingerprint density at radius 2 is 1.66 bits per heavy atom. The van der Waals surface area contributed by atoms with Crippen molar-refractivity contribution in [3.63, 3.8) is 0 Å². The zero-order valence-corrected chi connectivity index (χ0v) is 19.4. The van der Waals surface area contributed by atoms with Crippen molar-refractivity contribution in [3.05, 3.63) is 82.8 Å². The average Bonchev–Trinajstić information content (AvgIpc) is 3.28. The predicted octanol–water partition coefficient (Wildman–Crippen LogP) is 4.35. The summed E-state index contributed by atoms with van der Waals surface area (Å²) in [6.07, 6.45) is 0. The second-order valence-electron chi connectivity index (χ2n) is 7.60. The quantitative estimate of drug-likeness (QED) is 0.511. The van der Waals surface area contributed by atoms with Crippen LogP contribution in [-0.4, -0.2) is 48.3 Å². The van der Waals surface area contributed by atoms with Crippen molar-refractivity contribution in [2.75, 3.05) is 38.2 Å². The summed E-state index contributed by atoms with van der Waals surface area (Å²) in [5.41, 5.74) is 2.06. The first kappa shape index (κ1) is 22.4. The topological polar surface area (TPSA) is 63.0 Å². The highest BCUT2D eigenvalue weighted by Gasteiger charge is 2.24. The van der Waals surface area contributed by atoms with Crippen molar-refractivity contribution in [2.24, 2.45) is 0 Å². The molecule has 8 heteroatoms. The molecular formula is C24H25ClN2O4S. The highest BCUT2D eigenvalue weighted by atomic mass is 35.5. The number of halogens is 1. The number of ether oxygens (including phenoxy) is 1. The van der Waals surface area contributed by atoms with Crippen LogP contribution in [0.15, 0.2) is 65.1 Å². The molecule has 32 heavy (non-hydrogen) atoms. The number of methoxy groups -OCH3 is 1. The summed E-state index contributed by atoms with van der Waals surface area (Å²) in [6.45, 7) is 2.72. The molecule has 6 nitrogen and oxygen atoms in total. The average molecular weight is 473 g/mol. The minimum atomic E-state index is -1.14. The van der Waals surface area contributed by atoms with E-state index in [1.807, 2.05) is 36.4 Å². The molecule has 0 spiro atoms. The van der Waals surface area contributed by atoms with Gasteiger partial charge < -0.3 is 19.0 Å². The molecule has 1 atom stereocenters. The van der Waals surface area contributed by atoms with Crippen molar-refractivity contribution in [2.45, 2.75) is 11.5 Å². The number of hydrogen-bond donors (Lipinski definition) is 0. The summed E-state index contributed by atoms with van der Waals surface area (Å²) in [5, 5.41) is 0.651. The highest BCUT2D eigenvalue weighted by molar-refractivity contribution is 7.83. The molecule has 4 rings (SSSR count). The Bertz CT molecular complexity index is 1070. The number of nitrogens with zero attached hydrogens (tertiary/aromatic N) is 2. The molecule has 0 bridgehead atoms. The maximum Gasteiger partial charge on any atom is 0.289 e. The van der Waals surface area contributed by atoms with Crippen LogP contribution in [0.2, 0.25) is 5.02 Å². The van der Waals surface area contributed by atoms with E-state index in [2.05, 4.69) is 4.90 Å². The monoisotopic (exact) mass is 472 g/mol. The third-order valence-electron chi connectivity index (χ3n) is 5.42. The zero-order valence-electron chi connectivity index (χ0n) is 17.8. The maximum absolute atomic E-state index is 12.9. The fourth-order valence-electron chi connectivity index (χ4n) is 3.66. The first-order valence-electron chi connectivity index (χ1n) is 10.4. The van der Waals surface area contributed by atoms with E-state index in [1.165, 1.54) is 0 Å². The lowest BCUT2D eigenvalue weighted by molar-refractivity contribution is 0.0713. The first-order chi connectivity index (χ1) is 15.5. The second kappa shape index (κ2) is 10.2. The summed E-state index contributed by atoms with van der Waals surface area (Å²) in [6, 6.07) is 18.6. The molecule has 168 valence electrons. The Hall–Kier alpha value is -2.77. The molecule has 0 aliphatic carbocycles. The van der Waals surface area contributed by atoms with Gasteiger partial charge in [0.1, 0.15) is 11.5 Å². The number of benzene rings is 2. The van der Waals surface area contributed by atoms with Crippen molar-refractivity contribution in [1.29, 1.82) is 0 Å². The standard InChI is InChI=1S/C24H25ClN2O4S/c1-30-21-8-6-20(7-9-21)26-12-14-27(15-13-26)24(28)23-11-10-22(31-23)17-32(29)16-18-2-4-19(25)5-3-18/h2-11H,12-17H2,1H3/t32-/m1/s1. The van der Waals surface area contributed by atoms with Gasteiger partial charge in [-0.15, -0.1) is 0 Å². The van der Waals surface area contributed by atoms with Gasteiger partial charge in [-0.3, -0.25) is 9.00 Å². The van der Waals surface area contributed by atoms with Gasteiger partial charge in [0.15, 0.2) is 5.76 Å². The molecule has 1 saturated heterocycles. The van der Waals surface area contributed by atoms with Gasteiger partial charge in [-0.2, -0.15) is 0 Å². The number of anilines is 1. The van der Waals surface area contributed by atoms with E-state index in [1.54, 1.807) is 36.3 Å². The Balaban J connectivity index is 1.29. The van der Waals surface area contributed by atoms with Crippen LogP contribution in [0.3, 0.4) is 0 Å². The SMILES string of the molecule is COc1ccc(N2CCN(C(=O)c3ccc(C[S@](=O)Cc4ccc(Cl)cc4)o3)CC2)cc1. The van der Waals surface area contributed by atoms with Gasteiger partial charge in [0, 0.05) is 53.4 Å². The molecule has 1 aliphatic heterocycles. The summed E-state index contributed by atoms with van der Waals surface area (Å²) < 4.78 is 23.4. The Kier molecular flexibility index (Phi) is 7.17. The number of carbonyl (C=O) groups excluding carboxylic acids is 1. The third kappa shape index (κ3) is 5.53. The summed E-state index contributed by atoms with van der Waals surface area (Å²) >= 11 is 5.89. The lowest BCUT2D eigenvalue weighted by Gasteiger charge is -2.35. The van der Waals surface area contributed by atoms with Crippen molar-refractivity contribution < 1.29 is 18.2 Å². The fourth-order valence-corrected chi connectivity index (χ4v) is 4.93.